The Morgan fingerprint density at radius 3 is 2.44 bits per heavy atom. The molecule has 0 radical (unpaired) electrons. The maximum Gasteiger partial charge on any atom is 0.169 e. The molecule has 1 rings (SSSR count). The van der Waals surface area contributed by atoms with Gasteiger partial charge in [-0.05, 0) is 44.0 Å². The van der Waals surface area contributed by atoms with Gasteiger partial charge in [0.15, 0.2) is 6.10 Å². The van der Waals surface area contributed by atoms with Crippen LogP contribution in [0.15, 0.2) is 18.2 Å². The molecule has 0 aliphatic carbocycles. The lowest BCUT2D eigenvalue weighted by Gasteiger charge is -2.20. The molecule has 3 unspecified atom stereocenters. The summed E-state index contributed by atoms with van der Waals surface area (Å²) < 4.78 is 10.7. The molecule has 0 heterocycles. The van der Waals surface area contributed by atoms with Crippen LogP contribution in [0, 0.1) is 18.3 Å². The molecule has 0 saturated heterocycles. The Labute approximate surface area is 108 Å². The van der Waals surface area contributed by atoms with Crippen molar-refractivity contribution in [2.75, 3.05) is 7.11 Å². The van der Waals surface area contributed by atoms with Crippen LogP contribution in [0.4, 0.5) is 0 Å². The van der Waals surface area contributed by atoms with Crippen molar-refractivity contribution in [3.05, 3.63) is 29.3 Å². The fraction of sp³-hybridized carbons (Fsp3) is 0.500. The number of hydrogen-bond acceptors (Lipinski definition) is 4. The number of hydrogen-bond donors (Lipinski definition) is 1. The first-order valence-corrected chi connectivity index (χ1v) is 5.87. The molecule has 4 heteroatoms. The third kappa shape index (κ3) is 3.46. The molecule has 0 bridgehead atoms. The number of methoxy groups -OCH3 is 1. The first-order valence-electron chi connectivity index (χ1n) is 5.87. The van der Waals surface area contributed by atoms with E-state index in [1.807, 2.05) is 19.1 Å². The number of aliphatic hydroxyl groups excluding tert-OH is 1. The topological polar surface area (TPSA) is 62.5 Å². The van der Waals surface area contributed by atoms with Crippen molar-refractivity contribution >= 4 is 0 Å². The molecule has 0 fully saturated rings. The Morgan fingerprint density at radius 1 is 1.33 bits per heavy atom. The van der Waals surface area contributed by atoms with Crippen molar-refractivity contribution in [2.45, 2.75) is 39.1 Å². The summed E-state index contributed by atoms with van der Waals surface area (Å²) in [6.07, 6.45) is -1.68. The summed E-state index contributed by atoms with van der Waals surface area (Å²) in [5, 5.41) is 18.5. The number of ether oxygens (including phenoxy) is 2. The van der Waals surface area contributed by atoms with Gasteiger partial charge in [0.1, 0.15) is 5.75 Å². The van der Waals surface area contributed by atoms with Crippen molar-refractivity contribution in [3.63, 3.8) is 0 Å². The fourth-order valence-corrected chi connectivity index (χ4v) is 1.58. The van der Waals surface area contributed by atoms with Crippen LogP contribution < -0.4 is 4.74 Å². The maximum atomic E-state index is 9.39. The summed E-state index contributed by atoms with van der Waals surface area (Å²) in [5.41, 5.74) is 1.71. The summed E-state index contributed by atoms with van der Waals surface area (Å²) >= 11 is 0. The van der Waals surface area contributed by atoms with Crippen molar-refractivity contribution in [1.82, 2.24) is 0 Å². The molecule has 98 valence electrons. The Morgan fingerprint density at radius 2 is 2.00 bits per heavy atom. The molecule has 18 heavy (non-hydrogen) atoms. The minimum absolute atomic E-state index is 0.392. The number of rotatable bonds is 5. The van der Waals surface area contributed by atoms with Crippen LogP contribution >= 0.6 is 0 Å². The zero-order chi connectivity index (χ0) is 13.7. The van der Waals surface area contributed by atoms with Crippen LogP contribution in [0.1, 0.15) is 31.1 Å². The number of nitrogens with zero attached hydrogens (tertiary/aromatic N) is 1. The quantitative estimate of drug-likeness (QED) is 0.870. The van der Waals surface area contributed by atoms with Crippen molar-refractivity contribution in [1.29, 1.82) is 5.26 Å². The molecule has 1 aromatic rings. The van der Waals surface area contributed by atoms with Gasteiger partial charge in [-0.25, -0.2) is 0 Å². The lowest BCUT2D eigenvalue weighted by atomic mass is 10.1. The molecular formula is C14H19NO3. The van der Waals surface area contributed by atoms with Gasteiger partial charge in [0.05, 0.1) is 25.4 Å². The lowest BCUT2D eigenvalue weighted by molar-refractivity contribution is -0.0426. The minimum Gasteiger partial charge on any atom is -0.496 e. The van der Waals surface area contributed by atoms with Crippen LogP contribution in [-0.2, 0) is 4.74 Å². The molecule has 0 aliphatic rings. The van der Waals surface area contributed by atoms with Gasteiger partial charge in [0.25, 0.3) is 0 Å². The molecular weight excluding hydrogens is 230 g/mol. The second-order valence-corrected chi connectivity index (χ2v) is 4.32. The van der Waals surface area contributed by atoms with E-state index in [2.05, 4.69) is 6.07 Å². The van der Waals surface area contributed by atoms with Gasteiger partial charge in [-0.15, -0.1) is 0 Å². The average Bonchev–Trinajstić information content (AvgIpc) is 2.35. The van der Waals surface area contributed by atoms with Gasteiger partial charge in [-0.1, -0.05) is 6.07 Å². The van der Waals surface area contributed by atoms with E-state index in [1.54, 1.807) is 27.0 Å². The first kappa shape index (κ1) is 14.5. The number of aliphatic hydroxyl groups is 1. The van der Waals surface area contributed by atoms with Crippen LogP contribution in [0.25, 0.3) is 0 Å². The molecule has 1 aromatic carbocycles. The lowest BCUT2D eigenvalue weighted by Crippen LogP contribution is -2.24. The SMILES string of the molecule is COc1ccc(C(C#N)OC(C)C(C)O)cc1C. The summed E-state index contributed by atoms with van der Waals surface area (Å²) in [6, 6.07) is 7.57. The van der Waals surface area contributed by atoms with E-state index in [4.69, 9.17) is 14.7 Å². The molecule has 4 nitrogen and oxygen atoms in total. The highest BCUT2D eigenvalue weighted by molar-refractivity contribution is 5.38. The van der Waals surface area contributed by atoms with Crippen LogP contribution in [0.5, 0.6) is 5.75 Å². The van der Waals surface area contributed by atoms with Crippen molar-refractivity contribution in [3.8, 4) is 11.8 Å². The molecule has 0 amide bonds. The predicted molar refractivity (Wildman–Crippen MR) is 68.3 cm³/mol. The zero-order valence-corrected chi connectivity index (χ0v) is 11.2. The molecule has 3 atom stereocenters. The van der Waals surface area contributed by atoms with E-state index in [0.717, 1.165) is 16.9 Å². The third-order valence-electron chi connectivity index (χ3n) is 2.87. The van der Waals surface area contributed by atoms with Gasteiger partial charge >= 0.3 is 0 Å². The number of benzene rings is 1. The Hall–Kier alpha value is -1.57. The largest absolute Gasteiger partial charge is 0.496 e. The standard InChI is InChI=1S/C14H19NO3/c1-9-7-12(5-6-13(9)17-4)14(8-15)18-11(3)10(2)16/h5-7,10-11,14,16H,1-4H3. The van der Waals surface area contributed by atoms with Gasteiger partial charge < -0.3 is 14.6 Å². The zero-order valence-electron chi connectivity index (χ0n) is 11.2. The summed E-state index contributed by atoms with van der Waals surface area (Å²) in [6.45, 7) is 5.29. The third-order valence-corrected chi connectivity index (χ3v) is 2.87. The van der Waals surface area contributed by atoms with Crippen LogP contribution in [-0.4, -0.2) is 24.4 Å². The molecule has 0 saturated carbocycles. The second kappa shape index (κ2) is 6.39. The van der Waals surface area contributed by atoms with Gasteiger partial charge in [-0.3, -0.25) is 0 Å². The minimum atomic E-state index is -0.681. The van der Waals surface area contributed by atoms with E-state index in [-0.39, 0.29) is 0 Å². The summed E-state index contributed by atoms with van der Waals surface area (Å²) in [5.74, 6) is 0.777. The summed E-state index contributed by atoms with van der Waals surface area (Å²) in [4.78, 5) is 0. The van der Waals surface area contributed by atoms with E-state index in [0.29, 0.717) is 0 Å². The van der Waals surface area contributed by atoms with E-state index in [9.17, 15) is 5.11 Å². The monoisotopic (exact) mass is 249 g/mol. The second-order valence-electron chi connectivity index (χ2n) is 4.32. The molecule has 0 spiro atoms. The van der Waals surface area contributed by atoms with Crippen LogP contribution in [0.3, 0.4) is 0 Å². The Kier molecular flexibility index (Phi) is 5.14. The van der Waals surface area contributed by atoms with E-state index < -0.39 is 18.3 Å². The smallest absolute Gasteiger partial charge is 0.169 e. The fourth-order valence-electron chi connectivity index (χ4n) is 1.58. The average molecular weight is 249 g/mol. The van der Waals surface area contributed by atoms with E-state index in [1.165, 1.54) is 0 Å². The number of aryl methyl sites for hydroxylation is 1. The molecule has 0 aliphatic heterocycles. The summed E-state index contributed by atoms with van der Waals surface area (Å²) in [7, 11) is 1.61. The van der Waals surface area contributed by atoms with Crippen LogP contribution in [0.2, 0.25) is 0 Å². The highest BCUT2D eigenvalue weighted by Gasteiger charge is 2.18. The highest BCUT2D eigenvalue weighted by atomic mass is 16.5. The van der Waals surface area contributed by atoms with Crippen molar-refractivity contribution in [2.24, 2.45) is 0 Å². The number of nitriles is 1. The predicted octanol–water partition coefficient (Wildman–Crippen LogP) is 2.35. The van der Waals surface area contributed by atoms with Gasteiger partial charge in [0, 0.05) is 0 Å². The normalized spacial score (nSPS) is 15.6. The highest BCUT2D eigenvalue weighted by Crippen LogP contribution is 2.25. The van der Waals surface area contributed by atoms with Crippen molar-refractivity contribution < 1.29 is 14.6 Å². The Bertz CT molecular complexity index is 437. The van der Waals surface area contributed by atoms with Gasteiger partial charge in [-0.2, -0.15) is 5.26 Å². The molecule has 0 aromatic heterocycles. The first-order chi connectivity index (χ1) is 8.49. The molecule has 1 N–H and O–H groups in total. The van der Waals surface area contributed by atoms with Gasteiger partial charge in [0.2, 0.25) is 0 Å². The Balaban J connectivity index is 2.90. The van der Waals surface area contributed by atoms with E-state index >= 15 is 0 Å². The maximum absolute atomic E-state index is 9.39.